The zero-order valence-corrected chi connectivity index (χ0v) is 9.77. The second-order valence-corrected chi connectivity index (χ2v) is 4.83. The van der Waals surface area contributed by atoms with Crippen molar-refractivity contribution in [2.24, 2.45) is 0 Å². The molecule has 0 unspecified atom stereocenters. The first kappa shape index (κ1) is 9.91. The Morgan fingerprint density at radius 3 is 2.88 bits per heavy atom. The molecule has 0 saturated carbocycles. The third-order valence-electron chi connectivity index (χ3n) is 3.35. The highest BCUT2D eigenvalue weighted by atomic mass is 35.5. The minimum absolute atomic E-state index is 0.739. The Morgan fingerprint density at radius 1 is 1.19 bits per heavy atom. The Labute approximate surface area is 99.4 Å². The van der Waals surface area contributed by atoms with E-state index in [1.807, 2.05) is 18.2 Å². The minimum atomic E-state index is 0.739. The van der Waals surface area contributed by atoms with E-state index < -0.39 is 0 Å². The van der Waals surface area contributed by atoms with Gasteiger partial charge in [0.2, 0.25) is 5.52 Å². The van der Waals surface area contributed by atoms with Gasteiger partial charge in [-0.2, -0.15) is 0 Å². The van der Waals surface area contributed by atoms with Crippen LogP contribution in [0.15, 0.2) is 18.2 Å². The lowest BCUT2D eigenvalue weighted by Gasteiger charge is -2.14. The fraction of sp³-hybridized carbons (Fsp3) is 0.308. The van der Waals surface area contributed by atoms with Crippen molar-refractivity contribution in [3.05, 3.63) is 34.5 Å². The Kier molecular flexibility index (Phi) is 2.25. The van der Waals surface area contributed by atoms with Gasteiger partial charge in [0.05, 0.1) is 11.1 Å². The van der Waals surface area contributed by atoms with Crippen molar-refractivity contribution in [3.8, 4) is 0 Å². The number of aromatic amines is 1. The number of anilines is 1. The van der Waals surface area contributed by atoms with Crippen LogP contribution < -0.4 is 10.7 Å². The third kappa shape index (κ3) is 1.45. The van der Waals surface area contributed by atoms with Gasteiger partial charge < -0.3 is 5.73 Å². The van der Waals surface area contributed by atoms with Gasteiger partial charge in [-0.3, -0.25) is 0 Å². The van der Waals surface area contributed by atoms with Crippen LogP contribution >= 0.6 is 11.6 Å². The first-order valence-electron chi connectivity index (χ1n) is 5.67. The Morgan fingerprint density at radius 2 is 2.00 bits per heavy atom. The van der Waals surface area contributed by atoms with Crippen molar-refractivity contribution in [2.45, 2.75) is 25.7 Å². The predicted molar refractivity (Wildman–Crippen MR) is 66.6 cm³/mol. The molecule has 0 aliphatic heterocycles. The molecule has 3 rings (SSSR count). The first-order valence-corrected chi connectivity index (χ1v) is 6.05. The molecule has 3 heteroatoms. The molecule has 0 atom stereocenters. The van der Waals surface area contributed by atoms with Crippen LogP contribution in [-0.2, 0) is 12.8 Å². The number of benzene rings is 1. The summed E-state index contributed by atoms with van der Waals surface area (Å²) >= 11 is 6.00. The molecule has 0 amide bonds. The number of pyridine rings is 1. The molecule has 1 aliphatic rings. The quantitative estimate of drug-likeness (QED) is 0.747. The molecule has 1 heterocycles. The van der Waals surface area contributed by atoms with Crippen molar-refractivity contribution < 1.29 is 4.98 Å². The van der Waals surface area contributed by atoms with Crippen molar-refractivity contribution >= 4 is 28.2 Å². The number of fused-ring (bicyclic) bond motifs is 2. The summed E-state index contributed by atoms with van der Waals surface area (Å²) in [4.78, 5) is 3.48. The molecule has 2 aromatic rings. The summed E-state index contributed by atoms with van der Waals surface area (Å²) < 4.78 is 0. The number of hydrogen-bond acceptors (Lipinski definition) is 1. The molecular weight excluding hydrogens is 220 g/mol. The van der Waals surface area contributed by atoms with Crippen molar-refractivity contribution in [3.63, 3.8) is 0 Å². The lowest BCUT2D eigenvalue weighted by Crippen LogP contribution is -2.20. The van der Waals surface area contributed by atoms with Gasteiger partial charge in [-0.15, -0.1) is 0 Å². The van der Waals surface area contributed by atoms with Gasteiger partial charge >= 0.3 is 0 Å². The molecule has 3 N–H and O–H groups in total. The van der Waals surface area contributed by atoms with Crippen LogP contribution in [0.4, 0.5) is 5.69 Å². The maximum atomic E-state index is 6.23. The monoisotopic (exact) mass is 233 g/mol. The van der Waals surface area contributed by atoms with Crippen LogP contribution in [0.5, 0.6) is 0 Å². The summed E-state index contributed by atoms with van der Waals surface area (Å²) in [5, 5.41) is 1.79. The average molecular weight is 234 g/mol. The summed E-state index contributed by atoms with van der Waals surface area (Å²) in [5.74, 6) is 0. The number of aromatic nitrogens is 1. The Hall–Kier alpha value is -1.28. The van der Waals surface area contributed by atoms with Crippen LogP contribution in [-0.4, -0.2) is 0 Å². The number of nitrogens with one attached hydrogen (secondary N) is 1. The first-order chi connectivity index (χ1) is 7.75. The van der Waals surface area contributed by atoms with E-state index >= 15 is 0 Å². The molecule has 1 aromatic heterocycles. The normalized spacial score (nSPS) is 15.1. The highest BCUT2D eigenvalue weighted by Gasteiger charge is 2.21. The van der Waals surface area contributed by atoms with Crippen LogP contribution in [0.3, 0.4) is 0 Å². The third-order valence-corrected chi connectivity index (χ3v) is 3.59. The van der Waals surface area contributed by atoms with E-state index in [1.54, 1.807) is 0 Å². The zero-order chi connectivity index (χ0) is 11.1. The Balaban J connectivity index is 2.35. The van der Waals surface area contributed by atoms with Crippen molar-refractivity contribution in [2.75, 3.05) is 5.73 Å². The van der Waals surface area contributed by atoms with Crippen LogP contribution in [0.2, 0.25) is 5.02 Å². The van der Waals surface area contributed by atoms with Gasteiger partial charge in [0, 0.05) is 23.1 Å². The molecule has 1 aromatic carbocycles. The van der Waals surface area contributed by atoms with Crippen molar-refractivity contribution in [1.29, 1.82) is 0 Å². The lowest BCUT2D eigenvalue weighted by molar-refractivity contribution is -0.359. The van der Waals surface area contributed by atoms with Gasteiger partial charge in [-0.25, -0.2) is 4.98 Å². The van der Waals surface area contributed by atoms with E-state index in [9.17, 15) is 0 Å². The number of nitrogen functional groups attached to an aromatic ring is 1. The zero-order valence-electron chi connectivity index (χ0n) is 9.02. The van der Waals surface area contributed by atoms with E-state index in [1.165, 1.54) is 24.1 Å². The van der Waals surface area contributed by atoms with Crippen LogP contribution in [0, 0.1) is 0 Å². The molecule has 0 radical (unpaired) electrons. The second-order valence-electron chi connectivity index (χ2n) is 4.39. The number of rotatable bonds is 0. The molecule has 82 valence electrons. The van der Waals surface area contributed by atoms with Gasteiger partial charge in [0.1, 0.15) is 0 Å². The molecule has 16 heavy (non-hydrogen) atoms. The highest BCUT2D eigenvalue weighted by Crippen LogP contribution is 2.30. The van der Waals surface area contributed by atoms with Crippen molar-refractivity contribution in [1.82, 2.24) is 0 Å². The number of nitrogens with two attached hydrogens (primary N) is 1. The highest BCUT2D eigenvalue weighted by molar-refractivity contribution is 6.31. The maximum Gasteiger partial charge on any atom is 0.213 e. The van der Waals surface area contributed by atoms with Gasteiger partial charge in [0.15, 0.2) is 5.69 Å². The lowest BCUT2D eigenvalue weighted by atomic mass is 9.93. The van der Waals surface area contributed by atoms with E-state index in [-0.39, 0.29) is 0 Å². The fourth-order valence-electron chi connectivity index (χ4n) is 2.51. The largest absolute Gasteiger partial charge is 0.398 e. The summed E-state index contributed by atoms with van der Waals surface area (Å²) in [6.07, 6.45) is 4.68. The van der Waals surface area contributed by atoms with E-state index in [0.29, 0.717) is 0 Å². The molecule has 0 spiro atoms. The van der Waals surface area contributed by atoms with Gasteiger partial charge in [-0.05, 0) is 31.4 Å². The van der Waals surface area contributed by atoms with Crippen LogP contribution in [0.25, 0.3) is 10.9 Å². The van der Waals surface area contributed by atoms with Crippen LogP contribution in [0.1, 0.15) is 24.1 Å². The molecular formula is C13H14ClN2+. The molecule has 1 aliphatic carbocycles. The van der Waals surface area contributed by atoms with Gasteiger partial charge in [-0.1, -0.05) is 11.6 Å². The fourth-order valence-corrected chi connectivity index (χ4v) is 2.69. The average Bonchev–Trinajstić information content (AvgIpc) is 2.31. The molecule has 0 saturated heterocycles. The molecule has 0 bridgehead atoms. The predicted octanol–water partition coefficient (Wildman–Crippen LogP) is 2.77. The van der Waals surface area contributed by atoms with E-state index in [0.717, 1.165) is 34.5 Å². The molecule has 2 nitrogen and oxygen atoms in total. The Bertz CT molecular complexity index is 563. The summed E-state index contributed by atoms with van der Waals surface area (Å²) in [5.41, 5.74) is 10.8. The summed E-state index contributed by atoms with van der Waals surface area (Å²) in [7, 11) is 0. The second kappa shape index (κ2) is 3.63. The SMILES string of the molecule is Nc1c2c([nH+]c3ccc(Cl)cc13)CCCC2. The number of hydrogen-bond donors (Lipinski definition) is 1. The maximum absolute atomic E-state index is 6.23. The number of halogens is 1. The summed E-state index contributed by atoms with van der Waals surface area (Å²) in [6.45, 7) is 0. The standard InChI is InChI=1S/C13H13ClN2/c14-8-5-6-12-10(7-8)13(15)9-3-1-2-4-11(9)16-12/h5-7H,1-4H2,(H2,15,16)/p+1. The number of H-pyrrole nitrogens is 1. The van der Waals surface area contributed by atoms with Gasteiger partial charge in [0.25, 0.3) is 0 Å². The minimum Gasteiger partial charge on any atom is -0.398 e. The topological polar surface area (TPSA) is 40.2 Å². The molecule has 0 fully saturated rings. The smallest absolute Gasteiger partial charge is 0.213 e. The van der Waals surface area contributed by atoms with E-state index in [2.05, 4.69) is 4.98 Å². The van der Waals surface area contributed by atoms with E-state index in [4.69, 9.17) is 17.3 Å². The summed E-state index contributed by atoms with van der Waals surface area (Å²) in [6, 6.07) is 5.84. The number of aryl methyl sites for hydroxylation is 1.